The lowest BCUT2D eigenvalue weighted by molar-refractivity contribution is -0.113. The molecule has 0 radical (unpaired) electrons. The molecule has 2 aliphatic rings. The third kappa shape index (κ3) is 10.2. The number of ketones is 4. The van der Waals surface area contributed by atoms with Gasteiger partial charge in [0.1, 0.15) is 9.81 Å². The van der Waals surface area contributed by atoms with E-state index in [0.717, 1.165) is 12.2 Å². The summed E-state index contributed by atoms with van der Waals surface area (Å²) in [6, 6.07) is 20.0. The Hall–Kier alpha value is -7.45. The van der Waals surface area contributed by atoms with Gasteiger partial charge in [-0.15, -0.1) is 0 Å². The smallest absolute Gasteiger partial charge is 0.308 e. The largest absolute Gasteiger partial charge is 0.323 e. The van der Waals surface area contributed by atoms with E-state index in [1.54, 1.807) is 60.7 Å². The van der Waals surface area contributed by atoms with Gasteiger partial charge in [0.2, 0.25) is 11.6 Å². The molecule has 0 heterocycles. The molecule has 2 amide bonds. The molecule has 4 aromatic rings. The predicted molar refractivity (Wildman–Crippen MR) is 228 cm³/mol. The second-order valence-corrected chi connectivity index (χ2v) is 15.9. The number of amides is 2. The monoisotopic (exact) mass is 848 g/mol. The molecule has 4 aromatic carbocycles. The Morgan fingerprint density at radius 1 is 0.550 bits per heavy atom. The lowest BCUT2D eigenvalue weighted by Gasteiger charge is -2.18. The van der Waals surface area contributed by atoms with Gasteiger partial charge < -0.3 is 10.6 Å². The number of urea groups is 1. The highest BCUT2D eigenvalue weighted by Crippen LogP contribution is 2.30. The normalized spacial score (nSPS) is 15.3. The number of nitrogens with one attached hydrogen (secondary N) is 4. The van der Waals surface area contributed by atoms with E-state index in [1.165, 1.54) is 62.4 Å². The van der Waals surface area contributed by atoms with Crippen LogP contribution in [0.4, 0.5) is 27.5 Å². The Balaban J connectivity index is 1.18. The summed E-state index contributed by atoms with van der Waals surface area (Å²) < 4.78 is 69.5. The van der Waals surface area contributed by atoms with Crippen molar-refractivity contribution in [2.75, 3.05) is 21.5 Å². The van der Waals surface area contributed by atoms with Crippen LogP contribution in [0.3, 0.4) is 0 Å². The van der Waals surface area contributed by atoms with E-state index in [-0.39, 0.29) is 45.2 Å². The number of allylic oxidation sites excluding steroid dienone is 4. The highest BCUT2D eigenvalue weighted by molar-refractivity contribution is 7.91. The lowest BCUT2D eigenvalue weighted by Crippen LogP contribution is -2.27. The molecule has 0 aromatic heterocycles. The summed E-state index contributed by atoms with van der Waals surface area (Å²) in [6.07, 6.45) is 7.99. The standard InChI is InChI=1S/C41H32N6O11S2/c1-23(48)3-5-25-7-11-29(12-8-25)44-46-37-35(59(53,54)55)21-27-19-31(15-17-33(27)39(37)50)42-41(52)43-32-16-18-34-28(20-32)22-36(60(56,57)58)38(40(34)51)47-45-30-13-9-26(10-14-30)6-4-24(2)49/h3-22,44-45H,1-2H3,(H2,42,43,52)(H,53,54,55)(H,56,57,58)/b5-3+,6-4+,46-37?,47-38?. The van der Waals surface area contributed by atoms with Gasteiger partial charge in [-0.2, -0.15) is 27.0 Å². The molecule has 0 atom stereocenters. The molecule has 0 saturated heterocycles. The SMILES string of the molecule is CC(=O)/C=C/c1ccc(NN=C2C(=O)c3ccc(NC(=O)Nc4ccc5c(c4)C=C(S(=O)(=O)O)C(=NNc4ccc(/C=C/C(C)=O)cc4)C5=O)cc3C=C2S(=O)(=O)O)cc1. The summed E-state index contributed by atoms with van der Waals surface area (Å²) in [6.45, 7) is 2.81. The summed E-state index contributed by atoms with van der Waals surface area (Å²) in [4.78, 5) is 60.7. The second-order valence-electron chi connectivity index (χ2n) is 13.1. The van der Waals surface area contributed by atoms with Gasteiger partial charge in [-0.25, -0.2) is 4.79 Å². The maximum absolute atomic E-state index is 13.4. The minimum Gasteiger partial charge on any atom is -0.308 e. The van der Waals surface area contributed by atoms with Crippen molar-refractivity contribution in [1.29, 1.82) is 0 Å². The number of hydrazone groups is 2. The molecule has 304 valence electrons. The lowest BCUT2D eigenvalue weighted by atomic mass is 9.94. The number of nitrogens with zero attached hydrogens (tertiary/aromatic N) is 2. The number of anilines is 4. The number of carbonyl (C=O) groups is 5. The van der Waals surface area contributed by atoms with Crippen LogP contribution in [0, 0.1) is 0 Å². The molecule has 60 heavy (non-hydrogen) atoms. The van der Waals surface area contributed by atoms with E-state index in [0.29, 0.717) is 22.5 Å². The van der Waals surface area contributed by atoms with Gasteiger partial charge in [-0.05, 0) is 121 Å². The number of carbonyl (C=O) groups excluding carboxylic acids is 5. The van der Waals surface area contributed by atoms with Gasteiger partial charge >= 0.3 is 6.03 Å². The molecule has 19 heteroatoms. The zero-order valence-corrected chi connectivity index (χ0v) is 33.0. The van der Waals surface area contributed by atoms with Crippen LogP contribution in [0.1, 0.15) is 56.8 Å². The van der Waals surface area contributed by atoms with Crippen molar-refractivity contribution >= 4 is 108 Å². The zero-order valence-electron chi connectivity index (χ0n) is 31.3. The molecule has 0 aliphatic heterocycles. The van der Waals surface area contributed by atoms with Crippen LogP contribution in [0.15, 0.2) is 117 Å². The Bertz CT molecular complexity index is 2720. The van der Waals surface area contributed by atoms with E-state index >= 15 is 0 Å². The number of Topliss-reactive ketones (excluding diaryl/α,β-unsaturated/α-hetero) is 2. The van der Waals surface area contributed by atoms with Crippen LogP contribution in [0.5, 0.6) is 0 Å². The third-order valence-corrected chi connectivity index (χ3v) is 10.3. The first-order valence-corrected chi connectivity index (χ1v) is 20.3. The molecular weight excluding hydrogens is 817 g/mol. The van der Waals surface area contributed by atoms with Crippen LogP contribution >= 0.6 is 0 Å². The Morgan fingerprint density at radius 3 is 1.23 bits per heavy atom. The average Bonchev–Trinajstić information content (AvgIpc) is 3.18. The molecule has 0 unspecified atom stereocenters. The minimum absolute atomic E-state index is 0.00833. The Morgan fingerprint density at radius 2 is 0.900 bits per heavy atom. The van der Waals surface area contributed by atoms with Gasteiger partial charge in [0.15, 0.2) is 23.0 Å². The van der Waals surface area contributed by atoms with Crippen molar-refractivity contribution in [3.63, 3.8) is 0 Å². The third-order valence-electron chi connectivity index (χ3n) is 8.57. The topological polar surface area (TPSA) is 267 Å². The first-order chi connectivity index (χ1) is 28.3. The van der Waals surface area contributed by atoms with E-state index in [2.05, 4.69) is 31.7 Å². The van der Waals surface area contributed by atoms with Crippen LogP contribution < -0.4 is 21.5 Å². The molecule has 0 fully saturated rings. The summed E-state index contributed by atoms with van der Waals surface area (Å²) in [5.74, 6) is -1.97. The van der Waals surface area contributed by atoms with Crippen molar-refractivity contribution in [1.82, 2.24) is 0 Å². The molecule has 17 nitrogen and oxygen atoms in total. The van der Waals surface area contributed by atoms with Gasteiger partial charge in [-0.1, -0.05) is 36.4 Å². The Labute approximate surface area is 342 Å². The highest BCUT2D eigenvalue weighted by atomic mass is 32.2. The van der Waals surface area contributed by atoms with Crippen LogP contribution in [-0.2, 0) is 29.8 Å². The van der Waals surface area contributed by atoms with Crippen molar-refractivity contribution in [3.05, 3.63) is 140 Å². The fraction of sp³-hybridized carbons (Fsp3) is 0.0488. The first-order valence-electron chi connectivity index (χ1n) is 17.4. The van der Waals surface area contributed by atoms with E-state index in [1.807, 2.05) is 0 Å². The molecule has 6 N–H and O–H groups in total. The summed E-state index contributed by atoms with van der Waals surface area (Å²) in [5, 5.41) is 13.0. The molecule has 0 bridgehead atoms. The maximum atomic E-state index is 13.4. The maximum Gasteiger partial charge on any atom is 0.323 e. The average molecular weight is 849 g/mol. The van der Waals surface area contributed by atoms with Crippen LogP contribution in [0.2, 0.25) is 0 Å². The van der Waals surface area contributed by atoms with Crippen molar-refractivity contribution in [2.24, 2.45) is 10.2 Å². The number of hydrogen-bond donors (Lipinski definition) is 6. The summed E-state index contributed by atoms with van der Waals surface area (Å²) >= 11 is 0. The Kier molecular flexibility index (Phi) is 12.1. The minimum atomic E-state index is -4.98. The predicted octanol–water partition coefficient (Wildman–Crippen LogP) is 6.32. The number of fused-ring (bicyclic) bond motifs is 2. The van der Waals surface area contributed by atoms with E-state index in [4.69, 9.17) is 0 Å². The molecule has 6 rings (SSSR count). The highest BCUT2D eigenvalue weighted by Gasteiger charge is 2.34. The fourth-order valence-electron chi connectivity index (χ4n) is 5.74. The molecule has 0 spiro atoms. The second kappa shape index (κ2) is 17.2. The zero-order chi connectivity index (χ0) is 43.4. The van der Waals surface area contributed by atoms with Gasteiger partial charge in [0, 0.05) is 22.5 Å². The van der Waals surface area contributed by atoms with Crippen molar-refractivity contribution in [3.8, 4) is 0 Å². The number of hydrogen-bond acceptors (Lipinski definition) is 13. The summed E-state index contributed by atoms with van der Waals surface area (Å²) in [5.41, 5.74) is 6.41. The van der Waals surface area contributed by atoms with Gasteiger partial charge in [0.25, 0.3) is 20.2 Å². The number of benzene rings is 4. The molecule has 2 aliphatic carbocycles. The van der Waals surface area contributed by atoms with Crippen LogP contribution in [0.25, 0.3) is 24.3 Å². The van der Waals surface area contributed by atoms with Crippen LogP contribution in [-0.4, -0.2) is 66.5 Å². The van der Waals surface area contributed by atoms with Gasteiger partial charge in [0.05, 0.1) is 11.4 Å². The fourth-order valence-corrected chi connectivity index (χ4v) is 7.05. The first kappa shape index (κ1) is 42.2. The van der Waals surface area contributed by atoms with Crippen molar-refractivity contribution in [2.45, 2.75) is 13.8 Å². The number of rotatable bonds is 12. The van der Waals surface area contributed by atoms with E-state index in [9.17, 15) is 49.9 Å². The van der Waals surface area contributed by atoms with E-state index < -0.39 is 59.1 Å². The molecular formula is C41H32N6O11S2. The van der Waals surface area contributed by atoms with Crippen molar-refractivity contribution < 1.29 is 49.9 Å². The summed E-state index contributed by atoms with van der Waals surface area (Å²) in [7, 11) is -9.96. The van der Waals surface area contributed by atoms with Gasteiger partial charge in [-0.3, -0.25) is 39.1 Å². The molecule has 0 saturated carbocycles. The quantitative estimate of drug-likeness (QED) is 0.0518.